The lowest BCUT2D eigenvalue weighted by molar-refractivity contribution is 0.867. The van der Waals surface area contributed by atoms with E-state index in [0.717, 1.165) is 0 Å². The van der Waals surface area contributed by atoms with E-state index < -0.39 is 0 Å². The van der Waals surface area contributed by atoms with E-state index in [4.69, 9.17) is 0 Å². The lowest BCUT2D eigenvalue weighted by Crippen LogP contribution is -2.60. The Morgan fingerprint density at radius 1 is 0.365 bits per heavy atom. The molecule has 0 atom stereocenters. The molecule has 0 saturated heterocycles. The molecule has 7 aromatic carbocycles. The fraction of sp³-hybridized carbons (Fsp3) is 0.125. The Labute approximate surface area is 305 Å². The van der Waals surface area contributed by atoms with Crippen LogP contribution in [-0.4, -0.2) is 22.6 Å². The Hall–Kier alpha value is -5.73. The third-order valence-corrected chi connectivity index (χ3v) is 12.2. The van der Waals surface area contributed by atoms with Crippen LogP contribution in [0.15, 0.2) is 146 Å². The zero-order chi connectivity index (χ0) is 34.8. The molecule has 0 aliphatic carbocycles. The first-order valence-corrected chi connectivity index (χ1v) is 18.9. The van der Waals surface area contributed by atoms with Crippen molar-refractivity contribution in [1.29, 1.82) is 0 Å². The minimum atomic E-state index is 0.0975. The van der Waals surface area contributed by atoms with E-state index in [-0.39, 0.29) is 13.4 Å². The molecule has 246 valence electrons. The van der Waals surface area contributed by atoms with Crippen molar-refractivity contribution in [3.05, 3.63) is 157 Å². The van der Waals surface area contributed by atoms with Gasteiger partial charge in [-0.1, -0.05) is 172 Å². The zero-order valence-corrected chi connectivity index (χ0v) is 30.1. The molecule has 52 heavy (non-hydrogen) atoms. The smallest absolute Gasteiger partial charge is 0.246 e. The summed E-state index contributed by atoms with van der Waals surface area (Å²) in [6.45, 7) is 9.32. The maximum Gasteiger partial charge on any atom is 0.246 e. The standard InChI is InChI=1S/C48H38B2N2/c1-29(2)31-19-23-33(24-20-31)49-39-15-9-13-37-35-11-5-7-17-43(35)51(45(37)39)47-41(49)27-28-42-48(47)52-44-18-8-6-12-36(44)38-14-10-16-40(46(38)52)50(42)34-25-21-32(22-26-34)30(3)4/h5-30H,1-4H3. The van der Waals surface area contributed by atoms with Gasteiger partial charge in [0.1, 0.15) is 0 Å². The van der Waals surface area contributed by atoms with Crippen molar-refractivity contribution in [2.45, 2.75) is 39.5 Å². The van der Waals surface area contributed by atoms with Gasteiger partial charge in [-0.05, 0) is 56.9 Å². The number of fused-ring (bicyclic) bond motifs is 11. The number of benzene rings is 7. The van der Waals surface area contributed by atoms with Crippen LogP contribution < -0.4 is 32.8 Å². The third-order valence-electron chi connectivity index (χ3n) is 12.2. The van der Waals surface area contributed by atoms with Crippen molar-refractivity contribution in [3.8, 4) is 11.4 Å². The first-order chi connectivity index (χ1) is 25.5. The van der Waals surface area contributed by atoms with Crippen LogP contribution in [0, 0.1) is 0 Å². The van der Waals surface area contributed by atoms with Crippen molar-refractivity contribution >= 4 is 89.8 Å². The summed E-state index contributed by atoms with van der Waals surface area (Å²) >= 11 is 0. The molecule has 0 saturated carbocycles. The second-order valence-corrected chi connectivity index (χ2v) is 15.6. The Morgan fingerprint density at radius 2 is 0.750 bits per heavy atom. The fourth-order valence-electron chi connectivity index (χ4n) is 9.77. The van der Waals surface area contributed by atoms with Crippen molar-refractivity contribution < 1.29 is 0 Å². The first kappa shape index (κ1) is 29.9. The third kappa shape index (κ3) is 3.93. The summed E-state index contributed by atoms with van der Waals surface area (Å²) in [5, 5.41) is 5.25. The van der Waals surface area contributed by atoms with Gasteiger partial charge in [0.2, 0.25) is 13.4 Å². The quantitative estimate of drug-likeness (QED) is 0.170. The highest BCUT2D eigenvalue weighted by molar-refractivity contribution is 7.00. The SMILES string of the molecule is CC(C)c1ccc(B2c3ccc4c(c3-n3c5ccccc5c5cccc2c53)-n2c3ccccc3c3cccc(c32)B4c2ccc(C(C)C)cc2)cc1. The minimum Gasteiger partial charge on any atom is -0.308 e. The highest BCUT2D eigenvalue weighted by atomic mass is 15.1. The normalized spacial score (nSPS) is 13.3. The first-order valence-electron chi connectivity index (χ1n) is 18.9. The molecule has 0 bridgehead atoms. The van der Waals surface area contributed by atoms with Crippen LogP contribution in [0.2, 0.25) is 0 Å². The van der Waals surface area contributed by atoms with Crippen LogP contribution in [0.1, 0.15) is 50.7 Å². The predicted octanol–water partition coefficient (Wildman–Crippen LogP) is 7.79. The average molecular weight is 664 g/mol. The average Bonchev–Trinajstić information content (AvgIpc) is 3.70. The zero-order valence-electron chi connectivity index (χ0n) is 30.1. The summed E-state index contributed by atoms with van der Waals surface area (Å²) in [6.07, 6.45) is 0. The van der Waals surface area contributed by atoms with E-state index in [1.54, 1.807) is 0 Å². The second kappa shape index (κ2) is 10.9. The monoisotopic (exact) mass is 664 g/mol. The van der Waals surface area contributed by atoms with Gasteiger partial charge >= 0.3 is 0 Å². The molecule has 0 fully saturated rings. The maximum atomic E-state index is 2.63. The van der Waals surface area contributed by atoms with E-state index in [1.165, 1.54) is 98.9 Å². The molecule has 0 radical (unpaired) electrons. The number of aromatic nitrogens is 2. The Bertz CT molecular complexity index is 2710. The van der Waals surface area contributed by atoms with Crippen molar-refractivity contribution in [2.75, 3.05) is 0 Å². The number of hydrogen-bond acceptors (Lipinski definition) is 0. The van der Waals surface area contributed by atoms with Crippen molar-refractivity contribution in [2.24, 2.45) is 0 Å². The molecular weight excluding hydrogens is 626 g/mol. The van der Waals surface area contributed by atoms with Crippen LogP contribution in [0.4, 0.5) is 0 Å². The van der Waals surface area contributed by atoms with E-state index in [0.29, 0.717) is 11.8 Å². The van der Waals surface area contributed by atoms with Crippen LogP contribution >= 0.6 is 0 Å². The van der Waals surface area contributed by atoms with Gasteiger partial charge in [0.05, 0.1) is 22.4 Å². The number of hydrogen-bond donors (Lipinski definition) is 0. The van der Waals surface area contributed by atoms with Crippen LogP contribution in [0.3, 0.4) is 0 Å². The van der Waals surface area contributed by atoms with Gasteiger partial charge < -0.3 is 9.13 Å². The Balaban J connectivity index is 1.33. The topological polar surface area (TPSA) is 9.86 Å². The Morgan fingerprint density at radius 3 is 1.15 bits per heavy atom. The molecule has 2 nitrogen and oxygen atoms in total. The summed E-state index contributed by atoms with van der Waals surface area (Å²) in [4.78, 5) is 0. The lowest BCUT2D eigenvalue weighted by Gasteiger charge is -2.34. The predicted molar refractivity (Wildman–Crippen MR) is 225 cm³/mol. The van der Waals surface area contributed by atoms with Gasteiger partial charge in [0.15, 0.2) is 0 Å². The van der Waals surface area contributed by atoms with Crippen LogP contribution in [0.25, 0.3) is 55.0 Å². The molecule has 4 heteroatoms. The molecule has 2 aliphatic rings. The Kier molecular flexibility index (Phi) is 6.27. The maximum absolute atomic E-state index is 2.63. The summed E-state index contributed by atoms with van der Waals surface area (Å²) in [5.41, 5.74) is 18.7. The molecular formula is C48H38B2N2. The summed E-state index contributed by atoms with van der Waals surface area (Å²) < 4.78 is 5.25. The van der Waals surface area contributed by atoms with Gasteiger partial charge in [-0.3, -0.25) is 0 Å². The molecule has 9 aromatic rings. The second-order valence-electron chi connectivity index (χ2n) is 15.6. The molecule has 4 heterocycles. The van der Waals surface area contributed by atoms with Gasteiger partial charge in [-0.2, -0.15) is 0 Å². The van der Waals surface area contributed by atoms with E-state index in [1.807, 2.05) is 0 Å². The van der Waals surface area contributed by atoms with Crippen molar-refractivity contribution in [3.63, 3.8) is 0 Å². The minimum absolute atomic E-state index is 0.0975. The molecule has 0 N–H and O–H groups in total. The molecule has 2 aromatic heterocycles. The summed E-state index contributed by atoms with van der Waals surface area (Å²) in [7, 11) is 0. The number of para-hydroxylation sites is 4. The van der Waals surface area contributed by atoms with Crippen molar-refractivity contribution in [1.82, 2.24) is 9.13 Å². The van der Waals surface area contributed by atoms with Gasteiger partial charge in [0, 0.05) is 32.6 Å². The van der Waals surface area contributed by atoms with E-state index in [2.05, 4.69) is 182 Å². The highest BCUT2D eigenvalue weighted by Gasteiger charge is 2.40. The van der Waals surface area contributed by atoms with Crippen LogP contribution in [-0.2, 0) is 0 Å². The van der Waals surface area contributed by atoms with E-state index in [9.17, 15) is 0 Å². The van der Waals surface area contributed by atoms with Gasteiger partial charge in [-0.15, -0.1) is 0 Å². The van der Waals surface area contributed by atoms with Crippen LogP contribution in [0.5, 0.6) is 0 Å². The molecule has 0 unspecified atom stereocenters. The molecule has 0 amide bonds. The van der Waals surface area contributed by atoms with Gasteiger partial charge in [0.25, 0.3) is 0 Å². The highest BCUT2D eigenvalue weighted by Crippen LogP contribution is 2.39. The van der Waals surface area contributed by atoms with Gasteiger partial charge in [-0.25, -0.2) is 0 Å². The lowest BCUT2D eigenvalue weighted by atomic mass is 9.33. The number of rotatable bonds is 4. The largest absolute Gasteiger partial charge is 0.308 e. The molecule has 11 rings (SSSR count). The molecule has 2 aliphatic heterocycles. The number of nitrogens with zero attached hydrogens (tertiary/aromatic N) is 2. The summed E-state index contributed by atoms with van der Waals surface area (Å²) in [6, 6.07) is 55.9. The van der Waals surface area contributed by atoms with E-state index >= 15 is 0 Å². The summed E-state index contributed by atoms with van der Waals surface area (Å²) in [5.74, 6) is 0.975. The molecule has 0 spiro atoms. The fourth-order valence-corrected chi connectivity index (χ4v) is 9.77.